The number of hydrogen-bond acceptors (Lipinski definition) is 3. The van der Waals surface area contributed by atoms with Crippen molar-refractivity contribution in [2.45, 2.75) is 20.3 Å². The molecule has 0 aromatic heterocycles. The molecule has 0 saturated heterocycles. The number of Topliss-reactive ketones (excluding diaryl/α,β-unsaturated/α-hetero) is 1. The summed E-state index contributed by atoms with van der Waals surface area (Å²) >= 11 is 0. The van der Waals surface area contributed by atoms with Crippen molar-refractivity contribution in [2.75, 3.05) is 7.11 Å². The van der Waals surface area contributed by atoms with E-state index < -0.39 is 11.9 Å². The van der Waals surface area contributed by atoms with Gasteiger partial charge in [-0.05, 0) is 37.5 Å². The number of benzene rings is 1. The molecule has 0 heterocycles. The number of esters is 1. The second kappa shape index (κ2) is 3.74. The van der Waals surface area contributed by atoms with E-state index in [9.17, 15) is 9.59 Å². The van der Waals surface area contributed by atoms with Gasteiger partial charge in [0.15, 0.2) is 5.78 Å². The number of carbonyl (C=O) groups excluding carboxylic acids is 2. The van der Waals surface area contributed by atoms with Crippen molar-refractivity contribution in [3.05, 3.63) is 34.4 Å². The summed E-state index contributed by atoms with van der Waals surface area (Å²) < 4.78 is 4.65. The maximum Gasteiger partial charge on any atom is 0.316 e. The lowest BCUT2D eigenvalue weighted by molar-refractivity contribution is -0.143. The summed E-state index contributed by atoms with van der Waals surface area (Å²) in [6.45, 7) is 3.92. The molecule has 0 saturated carbocycles. The molecule has 1 aliphatic rings. The van der Waals surface area contributed by atoms with Crippen molar-refractivity contribution in [1.82, 2.24) is 0 Å². The van der Waals surface area contributed by atoms with Crippen molar-refractivity contribution >= 4 is 11.8 Å². The fourth-order valence-electron chi connectivity index (χ4n) is 2.31. The van der Waals surface area contributed by atoms with Gasteiger partial charge in [0.25, 0.3) is 0 Å². The van der Waals surface area contributed by atoms with Crippen LogP contribution in [0.25, 0.3) is 0 Å². The Labute approximate surface area is 94.4 Å². The van der Waals surface area contributed by atoms with Crippen LogP contribution in [0.5, 0.6) is 0 Å². The van der Waals surface area contributed by atoms with Crippen molar-refractivity contribution in [1.29, 1.82) is 0 Å². The zero-order valence-corrected chi connectivity index (χ0v) is 9.66. The highest BCUT2D eigenvalue weighted by atomic mass is 16.5. The van der Waals surface area contributed by atoms with Crippen LogP contribution in [-0.2, 0) is 16.0 Å². The monoisotopic (exact) mass is 218 g/mol. The first-order chi connectivity index (χ1) is 7.54. The van der Waals surface area contributed by atoms with E-state index in [1.807, 2.05) is 26.0 Å². The topological polar surface area (TPSA) is 43.4 Å². The lowest BCUT2D eigenvalue weighted by Gasteiger charge is -2.04. The molecule has 0 radical (unpaired) electrons. The Balaban J connectivity index is 2.46. The first-order valence-corrected chi connectivity index (χ1v) is 5.26. The quantitative estimate of drug-likeness (QED) is 0.533. The van der Waals surface area contributed by atoms with Crippen LogP contribution in [0.15, 0.2) is 12.1 Å². The molecule has 16 heavy (non-hydrogen) atoms. The largest absolute Gasteiger partial charge is 0.468 e. The van der Waals surface area contributed by atoms with Crippen LogP contribution in [0.1, 0.15) is 27.0 Å². The summed E-state index contributed by atoms with van der Waals surface area (Å²) in [5.41, 5.74) is 3.81. The summed E-state index contributed by atoms with van der Waals surface area (Å²) in [4.78, 5) is 23.4. The number of hydrogen-bond donors (Lipinski definition) is 0. The summed E-state index contributed by atoms with van der Waals surface area (Å²) in [7, 11) is 1.32. The predicted octanol–water partition coefficient (Wildman–Crippen LogP) is 1.83. The first kappa shape index (κ1) is 10.9. The molecule has 1 aliphatic carbocycles. The fourth-order valence-corrected chi connectivity index (χ4v) is 2.31. The lowest BCUT2D eigenvalue weighted by Crippen LogP contribution is -2.21. The highest BCUT2D eigenvalue weighted by molar-refractivity contribution is 6.12. The molecule has 3 heteroatoms. The minimum atomic E-state index is -0.638. The predicted molar refractivity (Wildman–Crippen MR) is 59.5 cm³/mol. The van der Waals surface area contributed by atoms with E-state index in [1.165, 1.54) is 7.11 Å². The van der Waals surface area contributed by atoms with Gasteiger partial charge in [0, 0.05) is 5.56 Å². The van der Waals surface area contributed by atoms with Gasteiger partial charge in [0.2, 0.25) is 0 Å². The van der Waals surface area contributed by atoms with E-state index in [1.54, 1.807) is 0 Å². The molecular formula is C13H14O3. The molecule has 3 nitrogen and oxygen atoms in total. The third-order valence-electron chi connectivity index (χ3n) is 3.09. The highest BCUT2D eigenvalue weighted by Gasteiger charge is 2.37. The van der Waals surface area contributed by atoms with Crippen LogP contribution in [0, 0.1) is 19.8 Å². The zero-order chi connectivity index (χ0) is 11.9. The summed E-state index contributed by atoms with van der Waals surface area (Å²) in [6, 6.07) is 3.89. The van der Waals surface area contributed by atoms with Gasteiger partial charge in [-0.25, -0.2) is 0 Å². The van der Waals surface area contributed by atoms with Crippen LogP contribution in [0.2, 0.25) is 0 Å². The Morgan fingerprint density at radius 1 is 1.38 bits per heavy atom. The number of ether oxygens (including phenoxy) is 1. The Hall–Kier alpha value is -1.64. The number of methoxy groups -OCH3 is 1. The molecule has 0 aliphatic heterocycles. The van der Waals surface area contributed by atoms with Gasteiger partial charge < -0.3 is 4.74 Å². The minimum absolute atomic E-state index is 0.103. The van der Waals surface area contributed by atoms with Crippen LogP contribution in [-0.4, -0.2) is 18.9 Å². The van der Waals surface area contributed by atoms with Gasteiger partial charge in [0.1, 0.15) is 5.92 Å². The molecule has 1 aromatic carbocycles. The fraction of sp³-hybridized carbons (Fsp3) is 0.385. The average Bonchev–Trinajstić information content (AvgIpc) is 2.56. The molecule has 0 bridgehead atoms. The highest BCUT2D eigenvalue weighted by Crippen LogP contribution is 2.30. The second-order valence-corrected chi connectivity index (χ2v) is 4.25. The van der Waals surface area contributed by atoms with Gasteiger partial charge >= 0.3 is 5.97 Å². The maximum absolute atomic E-state index is 12.0. The molecule has 0 N–H and O–H groups in total. The number of fused-ring (bicyclic) bond motifs is 1. The molecule has 1 atom stereocenters. The molecular weight excluding hydrogens is 204 g/mol. The van der Waals surface area contributed by atoms with Crippen molar-refractivity contribution in [2.24, 2.45) is 5.92 Å². The van der Waals surface area contributed by atoms with Gasteiger partial charge in [-0.2, -0.15) is 0 Å². The van der Waals surface area contributed by atoms with Crippen molar-refractivity contribution in [3.63, 3.8) is 0 Å². The minimum Gasteiger partial charge on any atom is -0.468 e. The smallest absolute Gasteiger partial charge is 0.316 e. The molecule has 0 spiro atoms. The number of carbonyl (C=O) groups is 2. The van der Waals surface area contributed by atoms with Gasteiger partial charge in [-0.15, -0.1) is 0 Å². The Morgan fingerprint density at radius 3 is 2.69 bits per heavy atom. The van der Waals surface area contributed by atoms with Crippen LogP contribution in [0.4, 0.5) is 0 Å². The first-order valence-electron chi connectivity index (χ1n) is 5.26. The Kier molecular flexibility index (Phi) is 2.54. The van der Waals surface area contributed by atoms with Gasteiger partial charge in [-0.3, -0.25) is 9.59 Å². The summed E-state index contributed by atoms with van der Waals surface area (Å²) in [6.07, 6.45) is 0.479. The Bertz CT molecular complexity index is 474. The molecule has 84 valence electrons. The number of ketones is 1. The van der Waals surface area contributed by atoms with Crippen molar-refractivity contribution < 1.29 is 14.3 Å². The van der Waals surface area contributed by atoms with E-state index in [4.69, 9.17) is 0 Å². The normalized spacial score (nSPS) is 18.4. The molecule has 1 unspecified atom stereocenters. The second-order valence-electron chi connectivity index (χ2n) is 4.25. The van der Waals surface area contributed by atoms with Crippen LogP contribution in [0.3, 0.4) is 0 Å². The maximum atomic E-state index is 12.0. The molecule has 2 rings (SSSR count). The van der Waals surface area contributed by atoms with Crippen molar-refractivity contribution in [3.8, 4) is 0 Å². The van der Waals surface area contributed by atoms with E-state index in [-0.39, 0.29) is 5.78 Å². The Morgan fingerprint density at radius 2 is 2.06 bits per heavy atom. The number of aryl methyl sites for hydroxylation is 2. The third-order valence-corrected chi connectivity index (χ3v) is 3.09. The SMILES string of the molecule is COC(=O)C1Cc2c(C)cc(C)cc2C1=O. The number of rotatable bonds is 1. The van der Waals surface area contributed by atoms with E-state index in [2.05, 4.69) is 4.74 Å². The van der Waals surface area contributed by atoms with Gasteiger partial charge in [0.05, 0.1) is 7.11 Å². The standard InChI is InChI=1S/C13H14O3/c1-7-4-8(2)9-6-11(13(15)16-3)12(14)10(9)5-7/h4-5,11H,6H2,1-3H3. The van der Waals surface area contributed by atoms with E-state index >= 15 is 0 Å². The van der Waals surface area contributed by atoms with Crippen LogP contribution < -0.4 is 0 Å². The lowest BCUT2D eigenvalue weighted by atomic mass is 10.0. The third kappa shape index (κ3) is 1.52. The molecule has 0 amide bonds. The molecule has 1 aromatic rings. The van der Waals surface area contributed by atoms with E-state index in [0.717, 1.165) is 16.7 Å². The van der Waals surface area contributed by atoms with Gasteiger partial charge in [-0.1, -0.05) is 11.6 Å². The van der Waals surface area contributed by atoms with Crippen LogP contribution >= 0.6 is 0 Å². The summed E-state index contributed by atoms with van der Waals surface area (Å²) in [5, 5.41) is 0. The average molecular weight is 218 g/mol. The summed E-state index contributed by atoms with van der Waals surface area (Å²) in [5.74, 6) is -1.17. The molecule has 0 fully saturated rings. The zero-order valence-electron chi connectivity index (χ0n) is 9.66. The van der Waals surface area contributed by atoms with E-state index in [0.29, 0.717) is 12.0 Å².